The normalized spacial score (nSPS) is 9.69. The van der Waals surface area contributed by atoms with E-state index >= 15 is 0 Å². The predicted molar refractivity (Wildman–Crippen MR) is 54.2 cm³/mol. The van der Waals surface area contributed by atoms with E-state index in [4.69, 9.17) is 9.15 Å². The van der Waals surface area contributed by atoms with Crippen molar-refractivity contribution < 1.29 is 9.15 Å². The van der Waals surface area contributed by atoms with Crippen LogP contribution < -0.4 is 4.74 Å². The van der Waals surface area contributed by atoms with Gasteiger partial charge in [-0.1, -0.05) is 7.43 Å². The maximum atomic E-state index is 5.41. The topological polar surface area (TPSA) is 22.4 Å². The number of aryl methyl sites for hydroxylation is 1. The summed E-state index contributed by atoms with van der Waals surface area (Å²) in [5.41, 5.74) is 0.910. The van der Waals surface area contributed by atoms with Crippen LogP contribution in [-0.4, -0.2) is 7.11 Å². The van der Waals surface area contributed by atoms with Crippen LogP contribution in [0.2, 0.25) is 0 Å². The lowest BCUT2D eigenvalue weighted by molar-refractivity contribution is 0.415. The smallest absolute Gasteiger partial charge is 0.134 e. The Morgan fingerprint density at radius 1 is 1.23 bits per heavy atom. The van der Waals surface area contributed by atoms with Gasteiger partial charge in [0.15, 0.2) is 0 Å². The molecule has 0 unspecified atom stereocenters. The summed E-state index contributed by atoms with van der Waals surface area (Å²) in [6, 6.07) is 7.77. The maximum Gasteiger partial charge on any atom is 0.134 e. The average molecular weight is 178 g/mol. The SMILES string of the molecule is C.COc1ccc2oc(C)cc2c1. The molecular formula is C11H14O2. The van der Waals surface area contributed by atoms with Crippen LogP contribution in [0.5, 0.6) is 5.75 Å². The maximum absolute atomic E-state index is 5.41. The van der Waals surface area contributed by atoms with Crippen molar-refractivity contribution in [2.75, 3.05) is 7.11 Å². The van der Waals surface area contributed by atoms with E-state index in [0.29, 0.717) is 0 Å². The van der Waals surface area contributed by atoms with Gasteiger partial charge in [0.1, 0.15) is 17.1 Å². The molecule has 13 heavy (non-hydrogen) atoms. The molecule has 0 aliphatic heterocycles. The number of fused-ring (bicyclic) bond motifs is 1. The first-order valence-corrected chi connectivity index (χ1v) is 3.84. The van der Waals surface area contributed by atoms with Gasteiger partial charge in [-0.15, -0.1) is 0 Å². The highest BCUT2D eigenvalue weighted by Crippen LogP contribution is 2.23. The molecule has 0 aliphatic rings. The zero-order valence-electron chi connectivity index (χ0n) is 7.13. The van der Waals surface area contributed by atoms with Crippen molar-refractivity contribution in [2.24, 2.45) is 0 Å². The van der Waals surface area contributed by atoms with Crippen molar-refractivity contribution in [3.8, 4) is 5.75 Å². The van der Waals surface area contributed by atoms with E-state index in [0.717, 1.165) is 22.5 Å². The summed E-state index contributed by atoms with van der Waals surface area (Å²) in [6.07, 6.45) is 0. The Kier molecular flexibility index (Phi) is 2.61. The number of furan rings is 1. The van der Waals surface area contributed by atoms with Gasteiger partial charge < -0.3 is 9.15 Å². The Balaban J connectivity index is 0.000000845. The third kappa shape index (κ3) is 1.66. The summed E-state index contributed by atoms with van der Waals surface area (Å²) in [5, 5.41) is 1.09. The van der Waals surface area contributed by atoms with E-state index in [2.05, 4.69) is 0 Å². The van der Waals surface area contributed by atoms with Crippen LogP contribution in [-0.2, 0) is 0 Å². The Hall–Kier alpha value is -1.44. The third-order valence-corrected chi connectivity index (χ3v) is 1.85. The minimum atomic E-state index is 0. The lowest BCUT2D eigenvalue weighted by atomic mass is 10.2. The summed E-state index contributed by atoms with van der Waals surface area (Å²) in [7, 11) is 1.66. The monoisotopic (exact) mass is 178 g/mol. The van der Waals surface area contributed by atoms with Crippen LogP contribution in [0.1, 0.15) is 13.2 Å². The molecule has 0 atom stereocenters. The largest absolute Gasteiger partial charge is 0.497 e. The minimum absolute atomic E-state index is 0. The molecule has 0 bridgehead atoms. The molecule has 2 heteroatoms. The molecule has 1 heterocycles. The molecule has 2 rings (SSSR count). The molecular weight excluding hydrogens is 164 g/mol. The first kappa shape index (κ1) is 9.65. The fourth-order valence-corrected chi connectivity index (χ4v) is 1.28. The highest BCUT2D eigenvalue weighted by molar-refractivity contribution is 5.79. The Labute approximate surface area is 78.1 Å². The van der Waals surface area contributed by atoms with E-state index in [1.54, 1.807) is 7.11 Å². The van der Waals surface area contributed by atoms with Crippen LogP contribution >= 0.6 is 0 Å². The van der Waals surface area contributed by atoms with E-state index in [1.165, 1.54) is 0 Å². The number of rotatable bonds is 1. The first-order chi connectivity index (χ1) is 5.79. The van der Waals surface area contributed by atoms with E-state index in [-0.39, 0.29) is 7.43 Å². The van der Waals surface area contributed by atoms with E-state index in [9.17, 15) is 0 Å². The van der Waals surface area contributed by atoms with Gasteiger partial charge in [0.2, 0.25) is 0 Å². The van der Waals surface area contributed by atoms with Gasteiger partial charge in [-0.25, -0.2) is 0 Å². The molecule has 0 amide bonds. The minimum Gasteiger partial charge on any atom is -0.497 e. The summed E-state index contributed by atoms with van der Waals surface area (Å²) in [5.74, 6) is 1.79. The quantitative estimate of drug-likeness (QED) is 0.667. The molecule has 0 N–H and O–H groups in total. The molecule has 2 nitrogen and oxygen atoms in total. The lowest BCUT2D eigenvalue weighted by Gasteiger charge is -1.96. The van der Waals surface area contributed by atoms with Crippen molar-refractivity contribution in [3.05, 3.63) is 30.0 Å². The number of hydrogen-bond acceptors (Lipinski definition) is 2. The third-order valence-electron chi connectivity index (χ3n) is 1.85. The summed E-state index contributed by atoms with van der Waals surface area (Å²) >= 11 is 0. The van der Waals surface area contributed by atoms with Gasteiger partial charge in [0.25, 0.3) is 0 Å². The predicted octanol–water partition coefficient (Wildman–Crippen LogP) is 3.39. The van der Waals surface area contributed by atoms with E-state index < -0.39 is 0 Å². The molecule has 0 saturated heterocycles. The second-order valence-electron chi connectivity index (χ2n) is 2.76. The number of methoxy groups -OCH3 is 1. The van der Waals surface area contributed by atoms with E-state index in [1.807, 2.05) is 31.2 Å². The van der Waals surface area contributed by atoms with Gasteiger partial charge in [-0.2, -0.15) is 0 Å². The Bertz CT molecular complexity index is 401. The van der Waals surface area contributed by atoms with Crippen LogP contribution in [0.4, 0.5) is 0 Å². The van der Waals surface area contributed by atoms with Gasteiger partial charge in [0.05, 0.1) is 7.11 Å². The molecule has 0 radical (unpaired) electrons. The average Bonchev–Trinajstić information content (AvgIpc) is 2.43. The fourth-order valence-electron chi connectivity index (χ4n) is 1.28. The van der Waals surface area contributed by atoms with Crippen molar-refractivity contribution in [1.82, 2.24) is 0 Å². The van der Waals surface area contributed by atoms with Crippen molar-refractivity contribution in [1.29, 1.82) is 0 Å². The van der Waals surface area contributed by atoms with Crippen LogP contribution in [0.3, 0.4) is 0 Å². The molecule has 0 aliphatic carbocycles. The molecule has 0 spiro atoms. The van der Waals surface area contributed by atoms with Gasteiger partial charge >= 0.3 is 0 Å². The van der Waals surface area contributed by atoms with Crippen molar-refractivity contribution in [2.45, 2.75) is 14.4 Å². The van der Waals surface area contributed by atoms with Gasteiger partial charge in [0, 0.05) is 5.39 Å². The molecule has 70 valence electrons. The highest BCUT2D eigenvalue weighted by Gasteiger charge is 2.00. The van der Waals surface area contributed by atoms with Gasteiger partial charge in [-0.3, -0.25) is 0 Å². The molecule has 1 aromatic carbocycles. The van der Waals surface area contributed by atoms with Crippen molar-refractivity contribution in [3.63, 3.8) is 0 Å². The number of benzene rings is 1. The van der Waals surface area contributed by atoms with Crippen LogP contribution in [0, 0.1) is 6.92 Å². The lowest BCUT2D eigenvalue weighted by Crippen LogP contribution is -1.79. The second-order valence-corrected chi connectivity index (χ2v) is 2.76. The second kappa shape index (κ2) is 3.52. The standard InChI is InChI=1S/C10H10O2.CH4/c1-7-5-8-6-9(11-2)3-4-10(8)12-7;/h3-6H,1-2H3;1H4. The highest BCUT2D eigenvalue weighted by atomic mass is 16.5. The number of ether oxygens (including phenoxy) is 1. The van der Waals surface area contributed by atoms with Crippen LogP contribution in [0.15, 0.2) is 28.7 Å². The van der Waals surface area contributed by atoms with Crippen LogP contribution in [0.25, 0.3) is 11.0 Å². The molecule has 0 saturated carbocycles. The summed E-state index contributed by atoms with van der Waals surface area (Å²) in [4.78, 5) is 0. The Morgan fingerprint density at radius 2 is 2.00 bits per heavy atom. The molecule has 0 fully saturated rings. The molecule has 1 aromatic heterocycles. The zero-order chi connectivity index (χ0) is 8.55. The van der Waals surface area contributed by atoms with Crippen molar-refractivity contribution >= 4 is 11.0 Å². The number of hydrogen-bond donors (Lipinski definition) is 0. The Morgan fingerprint density at radius 3 is 2.69 bits per heavy atom. The first-order valence-electron chi connectivity index (χ1n) is 3.84. The van der Waals surface area contributed by atoms with Gasteiger partial charge in [-0.05, 0) is 31.2 Å². The zero-order valence-corrected chi connectivity index (χ0v) is 7.13. The summed E-state index contributed by atoms with van der Waals surface area (Å²) in [6.45, 7) is 1.94. The summed E-state index contributed by atoms with van der Waals surface area (Å²) < 4.78 is 10.5. The molecule has 2 aromatic rings. The fraction of sp³-hybridized carbons (Fsp3) is 0.273.